The molecule has 0 radical (unpaired) electrons. The minimum absolute atomic E-state index is 0.107. The number of aromatic nitrogens is 4. The lowest BCUT2D eigenvalue weighted by Gasteiger charge is -2.16. The average molecular weight is 409 g/mol. The van der Waals surface area contributed by atoms with Gasteiger partial charge in [0, 0.05) is 21.8 Å². The van der Waals surface area contributed by atoms with Crippen molar-refractivity contribution in [1.82, 2.24) is 19.3 Å². The molecule has 6 heteroatoms. The highest BCUT2D eigenvalue weighted by atomic mass is 79.9. The number of nitrogens with zero attached hydrogens (tertiary/aromatic N) is 4. The summed E-state index contributed by atoms with van der Waals surface area (Å²) in [6.45, 7) is 2.16. The highest BCUT2D eigenvalue weighted by Gasteiger charge is 2.26. The Morgan fingerprint density at radius 1 is 1.04 bits per heavy atom. The maximum Gasteiger partial charge on any atom is 0.179 e. The molecule has 0 N–H and O–H groups in total. The monoisotopic (exact) mass is 408 g/mol. The zero-order valence-corrected chi connectivity index (χ0v) is 15.5. The first-order chi connectivity index (χ1) is 12.6. The molecule has 2 aromatic heterocycles. The molecule has 0 amide bonds. The Kier molecular flexibility index (Phi) is 3.37. The maximum atomic E-state index is 13.3. The first kappa shape index (κ1) is 15.5. The van der Waals surface area contributed by atoms with Gasteiger partial charge in [-0.1, -0.05) is 28.1 Å². The summed E-state index contributed by atoms with van der Waals surface area (Å²) in [6, 6.07) is 14.9. The van der Waals surface area contributed by atoms with Crippen molar-refractivity contribution in [1.29, 1.82) is 0 Å². The fraction of sp³-hybridized carbons (Fsp3) is 0.100. The maximum absolute atomic E-state index is 13.3. The Hall–Kier alpha value is -2.73. The molecule has 0 fully saturated rings. The first-order valence-electron chi connectivity index (χ1n) is 8.30. The summed E-state index contributed by atoms with van der Waals surface area (Å²) >= 11 is 3.57. The molecule has 0 saturated carbocycles. The van der Waals surface area contributed by atoms with E-state index in [9.17, 15) is 4.39 Å². The molecule has 0 saturated heterocycles. The molecule has 1 aliphatic rings. The summed E-state index contributed by atoms with van der Waals surface area (Å²) in [6.07, 6.45) is 3.67. The van der Waals surface area contributed by atoms with Crippen molar-refractivity contribution in [2.45, 2.75) is 13.0 Å². The minimum Gasteiger partial charge on any atom is -0.337 e. The molecule has 0 spiro atoms. The van der Waals surface area contributed by atoms with Gasteiger partial charge in [0.1, 0.15) is 12.1 Å². The predicted molar refractivity (Wildman–Crippen MR) is 102 cm³/mol. The van der Waals surface area contributed by atoms with Gasteiger partial charge in [-0.25, -0.2) is 14.1 Å². The highest BCUT2D eigenvalue weighted by molar-refractivity contribution is 9.10. The van der Waals surface area contributed by atoms with E-state index < -0.39 is 0 Å². The highest BCUT2D eigenvalue weighted by Crippen LogP contribution is 2.38. The van der Waals surface area contributed by atoms with Gasteiger partial charge < -0.3 is 4.57 Å². The molecule has 4 nitrogen and oxygen atoms in total. The molecule has 5 rings (SSSR count). The van der Waals surface area contributed by atoms with Gasteiger partial charge in [0.05, 0.1) is 17.4 Å². The van der Waals surface area contributed by atoms with Gasteiger partial charge >= 0.3 is 0 Å². The van der Waals surface area contributed by atoms with Crippen LogP contribution in [0, 0.1) is 5.82 Å². The van der Waals surface area contributed by atoms with Gasteiger partial charge in [0.15, 0.2) is 5.82 Å². The summed E-state index contributed by atoms with van der Waals surface area (Å²) in [7, 11) is 0. The first-order valence-corrected chi connectivity index (χ1v) is 9.09. The van der Waals surface area contributed by atoms with Crippen LogP contribution in [0.4, 0.5) is 4.39 Å². The lowest BCUT2D eigenvalue weighted by Crippen LogP contribution is -2.07. The number of hydrogen-bond acceptors (Lipinski definition) is 2. The topological polar surface area (TPSA) is 35.6 Å². The average Bonchev–Trinajstić information content (AvgIpc) is 3.26. The molecule has 1 aliphatic heterocycles. The van der Waals surface area contributed by atoms with Gasteiger partial charge in [-0.2, -0.15) is 5.10 Å². The second-order valence-electron chi connectivity index (χ2n) is 6.40. The van der Waals surface area contributed by atoms with E-state index in [0.717, 1.165) is 38.4 Å². The van der Waals surface area contributed by atoms with Crippen molar-refractivity contribution in [3.05, 3.63) is 76.9 Å². The van der Waals surface area contributed by atoms with Crippen LogP contribution in [0.15, 0.2) is 65.5 Å². The summed E-state index contributed by atoms with van der Waals surface area (Å²) in [4.78, 5) is 4.49. The summed E-state index contributed by atoms with van der Waals surface area (Å²) in [5, 5.41) is 4.44. The molecular weight excluding hydrogens is 395 g/mol. The quantitative estimate of drug-likeness (QED) is 0.432. The lowest BCUT2D eigenvalue weighted by atomic mass is 10.1. The van der Waals surface area contributed by atoms with E-state index in [1.807, 2.05) is 10.7 Å². The second kappa shape index (κ2) is 5.64. The Bertz CT molecular complexity index is 1130. The van der Waals surface area contributed by atoms with Crippen molar-refractivity contribution in [3.63, 3.8) is 0 Å². The van der Waals surface area contributed by atoms with E-state index in [4.69, 9.17) is 0 Å². The van der Waals surface area contributed by atoms with Gasteiger partial charge in [-0.3, -0.25) is 0 Å². The van der Waals surface area contributed by atoms with Crippen LogP contribution in [0.2, 0.25) is 0 Å². The number of hydrogen-bond donors (Lipinski definition) is 0. The molecule has 0 bridgehead atoms. The standard InChI is InChI=1S/C20H14BrFN4/c1-12-17-9-15(21)4-7-18(17)26-20(23-11-24-26)19-8-14(10-25(12)19)13-2-5-16(22)6-3-13/h2-12H,1H3. The number of fused-ring (bicyclic) bond motifs is 5. The Labute approximate surface area is 158 Å². The van der Waals surface area contributed by atoms with Crippen LogP contribution >= 0.6 is 15.9 Å². The van der Waals surface area contributed by atoms with E-state index in [2.05, 4.69) is 61.9 Å². The van der Waals surface area contributed by atoms with E-state index in [0.29, 0.717) is 0 Å². The normalized spacial score (nSPS) is 15.1. The molecule has 4 aromatic rings. The van der Waals surface area contributed by atoms with Gasteiger partial charge in [0.25, 0.3) is 0 Å². The number of rotatable bonds is 1. The predicted octanol–water partition coefficient (Wildman–Crippen LogP) is 5.23. The fourth-order valence-corrected chi connectivity index (χ4v) is 3.95. The molecular formula is C20H14BrFN4. The van der Waals surface area contributed by atoms with Crippen LogP contribution in [0.1, 0.15) is 18.5 Å². The third kappa shape index (κ3) is 2.25. The largest absolute Gasteiger partial charge is 0.337 e. The molecule has 1 unspecified atom stereocenters. The third-order valence-corrected chi connectivity index (χ3v) is 5.38. The SMILES string of the molecule is CC1c2cc(Br)ccc2-n2ncnc2-c2cc(-c3ccc(F)cc3)cn21. The molecule has 26 heavy (non-hydrogen) atoms. The Morgan fingerprint density at radius 3 is 2.65 bits per heavy atom. The minimum atomic E-state index is -0.235. The molecule has 0 aliphatic carbocycles. The zero-order valence-electron chi connectivity index (χ0n) is 13.9. The van der Waals surface area contributed by atoms with Gasteiger partial charge in [0.2, 0.25) is 0 Å². The van der Waals surface area contributed by atoms with Crippen molar-refractivity contribution >= 4 is 15.9 Å². The van der Waals surface area contributed by atoms with Gasteiger partial charge in [-0.15, -0.1) is 0 Å². The third-order valence-electron chi connectivity index (χ3n) is 4.89. The van der Waals surface area contributed by atoms with Crippen LogP contribution in [-0.4, -0.2) is 19.3 Å². The summed E-state index contributed by atoms with van der Waals surface area (Å²) < 4.78 is 18.4. The van der Waals surface area contributed by atoms with Crippen LogP contribution < -0.4 is 0 Å². The fourth-order valence-electron chi connectivity index (χ4n) is 3.57. The van der Waals surface area contributed by atoms with E-state index in [-0.39, 0.29) is 11.9 Å². The Morgan fingerprint density at radius 2 is 1.85 bits per heavy atom. The van der Waals surface area contributed by atoms with Crippen molar-refractivity contribution in [2.75, 3.05) is 0 Å². The van der Waals surface area contributed by atoms with E-state index >= 15 is 0 Å². The molecule has 2 aromatic carbocycles. The number of benzene rings is 2. The van der Waals surface area contributed by atoms with Crippen molar-refractivity contribution in [2.24, 2.45) is 0 Å². The second-order valence-corrected chi connectivity index (χ2v) is 7.32. The van der Waals surface area contributed by atoms with Crippen molar-refractivity contribution in [3.8, 4) is 28.3 Å². The van der Waals surface area contributed by atoms with Crippen LogP contribution in [-0.2, 0) is 0 Å². The van der Waals surface area contributed by atoms with Gasteiger partial charge in [-0.05, 0) is 48.9 Å². The zero-order chi connectivity index (χ0) is 17.8. The van der Waals surface area contributed by atoms with Crippen LogP contribution in [0.5, 0.6) is 0 Å². The van der Waals surface area contributed by atoms with Crippen molar-refractivity contribution < 1.29 is 4.39 Å². The summed E-state index contributed by atoms with van der Waals surface area (Å²) in [5.74, 6) is 0.563. The number of halogens is 2. The lowest BCUT2D eigenvalue weighted by molar-refractivity contribution is 0.628. The van der Waals surface area contributed by atoms with E-state index in [1.165, 1.54) is 12.1 Å². The molecule has 3 heterocycles. The van der Waals surface area contributed by atoms with E-state index in [1.54, 1.807) is 18.5 Å². The van der Waals surface area contributed by atoms with Crippen LogP contribution in [0.3, 0.4) is 0 Å². The molecule has 1 atom stereocenters. The Balaban J connectivity index is 1.76. The molecule has 128 valence electrons. The smallest absolute Gasteiger partial charge is 0.179 e. The summed E-state index contributed by atoms with van der Waals surface area (Å²) in [5.41, 5.74) is 5.17. The van der Waals surface area contributed by atoms with Crippen LogP contribution in [0.25, 0.3) is 28.3 Å².